The number of para-hydroxylation sites is 1. The lowest BCUT2D eigenvalue weighted by Crippen LogP contribution is -1.93. The predicted molar refractivity (Wildman–Crippen MR) is 79.0 cm³/mol. The van der Waals surface area contributed by atoms with E-state index in [4.69, 9.17) is 0 Å². The number of aldehydes is 1. The third-order valence-electron chi connectivity index (χ3n) is 3.19. The van der Waals surface area contributed by atoms with E-state index in [9.17, 15) is 4.79 Å². The van der Waals surface area contributed by atoms with Crippen LogP contribution in [-0.4, -0.2) is 11.3 Å². The molecule has 0 saturated carbocycles. The lowest BCUT2D eigenvalue weighted by atomic mass is 10.0. The van der Waals surface area contributed by atoms with Gasteiger partial charge < -0.3 is 0 Å². The molecule has 0 fully saturated rings. The normalized spacial score (nSPS) is 10.8. The molecule has 0 aliphatic heterocycles. The summed E-state index contributed by atoms with van der Waals surface area (Å²) >= 11 is 1.71. The van der Waals surface area contributed by atoms with Crippen molar-refractivity contribution in [2.45, 2.75) is 13.3 Å². The Morgan fingerprint density at radius 1 is 1.21 bits per heavy atom. The number of aromatic nitrogens is 1. The van der Waals surface area contributed by atoms with Gasteiger partial charge in [0.2, 0.25) is 0 Å². The first kappa shape index (κ1) is 12.1. The number of hydrogen-bond acceptors (Lipinski definition) is 3. The predicted octanol–water partition coefficient (Wildman–Crippen LogP) is 4.01. The molecule has 0 aliphatic rings. The van der Waals surface area contributed by atoms with E-state index in [0.717, 1.165) is 28.8 Å². The number of hydrogen-bond donors (Lipinski definition) is 0. The highest BCUT2D eigenvalue weighted by molar-refractivity contribution is 7.18. The second kappa shape index (κ2) is 4.94. The van der Waals surface area contributed by atoms with Gasteiger partial charge in [0.1, 0.15) is 6.29 Å². The van der Waals surface area contributed by atoms with Gasteiger partial charge in [0.15, 0.2) is 0 Å². The molecule has 0 aliphatic carbocycles. The standard InChI is InChI=1S/C16H13NOS/c1-11-6-7-12(10-18)8-13(11)9-16-17-14-4-2-3-5-15(14)19-16/h2-8,10H,9H2,1H3. The number of rotatable bonds is 3. The van der Waals surface area contributed by atoms with Crippen molar-refractivity contribution in [3.63, 3.8) is 0 Å². The molecule has 0 N–H and O–H groups in total. The van der Waals surface area contributed by atoms with E-state index in [1.807, 2.05) is 36.4 Å². The van der Waals surface area contributed by atoms with Crippen LogP contribution in [-0.2, 0) is 6.42 Å². The summed E-state index contributed by atoms with van der Waals surface area (Å²) in [5.74, 6) is 0. The minimum Gasteiger partial charge on any atom is -0.298 e. The fourth-order valence-corrected chi connectivity index (χ4v) is 3.10. The first-order valence-electron chi connectivity index (χ1n) is 6.15. The molecule has 0 radical (unpaired) electrons. The van der Waals surface area contributed by atoms with Crippen molar-refractivity contribution in [3.8, 4) is 0 Å². The summed E-state index contributed by atoms with van der Waals surface area (Å²) in [5, 5.41) is 1.09. The van der Waals surface area contributed by atoms with Crippen molar-refractivity contribution >= 4 is 27.8 Å². The van der Waals surface area contributed by atoms with E-state index >= 15 is 0 Å². The van der Waals surface area contributed by atoms with Crippen LogP contribution in [0.15, 0.2) is 42.5 Å². The Balaban J connectivity index is 1.98. The van der Waals surface area contributed by atoms with Gasteiger partial charge in [-0.2, -0.15) is 0 Å². The Labute approximate surface area is 115 Å². The van der Waals surface area contributed by atoms with Crippen molar-refractivity contribution in [1.29, 1.82) is 0 Å². The Morgan fingerprint density at radius 2 is 2.05 bits per heavy atom. The number of carbonyl (C=O) groups is 1. The van der Waals surface area contributed by atoms with Crippen molar-refractivity contribution in [1.82, 2.24) is 4.98 Å². The van der Waals surface area contributed by atoms with E-state index in [-0.39, 0.29) is 0 Å². The monoisotopic (exact) mass is 267 g/mol. The van der Waals surface area contributed by atoms with Crippen LogP contribution in [0.1, 0.15) is 26.5 Å². The van der Waals surface area contributed by atoms with Crippen molar-refractivity contribution in [2.75, 3.05) is 0 Å². The fraction of sp³-hybridized carbons (Fsp3) is 0.125. The van der Waals surface area contributed by atoms with Gasteiger partial charge in [-0.25, -0.2) is 4.98 Å². The maximum atomic E-state index is 10.9. The SMILES string of the molecule is Cc1ccc(C=O)cc1Cc1nc2ccccc2s1. The minimum absolute atomic E-state index is 0.724. The average Bonchev–Trinajstić information content (AvgIpc) is 2.83. The molecule has 2 nitrogen and oxygen atoms in total. The second-order valence-corrected chi connectivity index (χ2v) is 5.67. The number of benzene rings is 2. The van der Waals surface area contributed by atoms with Crippen LogP contribution >= 0.6 is 11.3 Å². The van der Waals surface area contributed by atoms with Crippen LogP contribution in [0.5, 0.6) is 0 Å². The largest absolute Gasteiger partial charge is 0.298 e. The molecule has 19 heavy (non-hydrogen) atoms. The lowest BCUT2D eigenvalue weighted by Gasteiger charge is -2.04. The second-order valence-electron chi connectivity index (χ2n) is 4.56. The molecular weight excluding hydrogens is 254 g/mol. The van der Waals surface area contributed by atoms with E-state index in [0.29, 0.717) is 0 Å². The third kappa shape index (κ3) is 2.42. The Bertz CT molecular complexity index is 712. The van der Waals surface area contributed by atoms with Crippen molar-refractivity contribution in [3.05, 3.63) is 64.2 Å². The summed E-state index contributed by atoms with van der Waals surface area (Å²) in [6.07, 6.45) is 1.67. The molecule has 3 heteroatoms. The number of aryl methyl sites for hydroxylation is 1. The zero-order chi connectivity index (χ0) is 13.2. The molecule has 3 rings (SSSR count). The quantitative estimate of drug-likeness (QED) is 0.671. The van der Waals surface area contributed by atoms with Gasteiger partial charge in [-0.3, -0.25) is 4.79 Å². The van der Waals surface area contributed by atoms with Crippen molar-refractivity contribution in [2.24, 2.45) is 0 Å². The maximum absolute atomic E-state index is 10.9. The zero-order valence-corrected chi connectivity index (χ0v) is 11.4. The van der Waals surface area contributed by atoms with Crippen LogP contribution in [0.4, 0.5) is 0 Å². The fourth-order valence-electron chi connectivity index (χ4n) is 2.11. The summed E-state index contributed by atoms with van der Waals surface area (Å²) in [7, 11) is 0. The zero-order valence-electron chi connectivity index (χ0n) is 10.6. The van der Waals surface area contributed by atoms with Gasteiger partial charge in [0.25, 0.3) is 0 Å². The molecule has 0 unspecified atom stereocenters. The lowest BCUT2D eigenvalue weighted by molar-refractivity contribution is 0.112. The van der Waals surface area contributed by atoms with Crippen LogP contribution in [0.25, 0.3) is 10.2 Å². The molecule has 2 aromatic carbocycles. The van der Waals surface area contributed by atoms with Gasteiger partial charge >= 0.3 is 0 Å². The summed E-state index contributed by atoms with van der Waals surface area (Å²) < 4.78 is 1.21. The molecule has 0 saturated heterocycles. The molecule has 0 atom stereocenters. The van der Waals surface area contributed by atoms with E-state index in [1.54, 1.807) is 11.3 Å². The molecular formula is C16H13NOS. The van der Waals surface area contributed by atoms with Gasteiger partial charge in [-0.05, 0) is 36.2 Å². The molecule has 94 valence electrons. The van der Waals surface area contributed by atoms with E-state index in [2.05, 4.69) is 18.0 Å². The van der Waals surface area contributed by atoms with E-state index < -0.39 is 0 Å². The summed E-state index contributed by atoms with van der Waals surface area (Å²) in [6.45, 7) is 2.07. The van der Waals surface area contributed by atoms with Crippen LogP contribution in [0.2, 0.25) is 0 Å². The van der Waals surface area contributed by atoms with Crippen LogP contribution in [0.3, 0.4) is 0 Å². The van der Waals surface area contributed by atoms with Gasteiger partial charge in [0, 0.05) is 12.0 Å². The van der Waals surface area contributed by atoms with Crippen LogP contribution < -0.4 is 0 Å². The maximum Gasteiger partial charge on any atom is 0.150 e. The number of fused-ring (bicyclic) bond motifs is 1. The Morgan fingerprint density at radius 3 is 2.84 bits per heavy atom. The summed E-state index contributed by atoms with van der Waals surface area (Å²) in [5.41, 5.74) is 4.14. The smallest absolute Gasteiger partial charge is 0.150 e. The summed E-state index contributed by atoms with van der Waals surface area (Å²) in [6, 6.07) is 14.0. The molecule has 0 bridgehead atoms. The van der Waals surface area contributed by atoms with Crippen molar-refractivity contribution < 1.29 is 4.79 Å². The van der Waals surface area contributed by atoms with Gasteiger partial charge in [0.05, 0.1) is 15.2 Å². The highest BCUT2D eigenvalue weighted by Gasteiger charge is 2.07. The number of carbonyl (C=O) groups excluding carboxylic acids is 1. The Kier molecular flexibility index (Phi) is 3.13. The molecule has 3 aromatic rings. The highest BCUT2D eigenvalue weighted by atomic mass is 32.1. The average molecular weight is 267 g/mol. The van der Waals surface area contributed by atoms with Crippen LogP contribution in [0, 0.1) is 6.92 Å². The molecule has 1 heterocycles. The minimum atomic E-state index is 0.724. The van der Waals surface area contributed by atoms with Gasteiger partial charge in [-0.15, -0.1) is 11.3 Å². The number of thiazole rings is 1. The third-order valence-corrected chi connectivity index (χ3v) is 4.23. The summed E-state index contributed by atoms with van der Waals surface area (Å²) in [4.78, 5) is 15.5. The Hall–Kier alpha value is -2.00. The highest BCUT2D eigenvalue weighted by Crippen LogP contribution is 2.24. The van der Waals surface area contributed by atoms with E-state index in [1.165, 1.54) is 15.8 Å². The molecule has 0 spiro atoms. The number of nitrogens with zero attached hydrogens (tertiary/aromatic N) is 1. The molecule has 1 aromatic heterocycles. The molecule has 0 amide bonds. The van der Waals surface area contributed by atoms with Gasteiger partial charge in [-0.1, -0.05) is 24.3 Å². The first-order valence-corrected chi connectivity index (χ1v) is 6.97. The topological polar surface area (TPSA) is 30.0 Å². The first-order chi connectivity index (χ1) is 9.26.